The molecule has 1 aromatic heterocycles. The van der Waals surface area contributed by atoms with Crippen LogP contribution in [0.15, 0.2) is 68.9 Å². The number of amidine groups is 1. The summed E-state index contributed by atoms with van der Waals surface area (Å²) < 4.78 is 5.78. The molecule has 0 radical (unpaired) electrons. The number of halogens is 1. The molecule has 2 heterocycles. The fourth-order valence-electron chi connectivity index (χ4n) is 2.83. The lowest BCUT2D eigenvalue weighted by atomic mass is 10.1. The molecule has 0 spiro atoms. The topological polar surface area (TPSA) is 91.9 Å². The van der Waals surface area contributed by atoms with E-state index in [9.17, 15) is 14.7 Å². The second-order valence-corrected chi connectivity index (χ2v) is 7.91. The number of nitrogens with zero attached hydrogens (tertiary/aromatic N) is 1. The number of aryl methyl sites for hydroxylation is 1. The van der Waals surface area contributed by atoms with E-state index < -0.39 is 5.97 Å². The van der Waals surface area contributed by atoms with Gasteiger partial charge in [0.05, 0.1) is 21.2 Å². The molecule has 0 atom stereocenters. The summed E-state index contributed by atoms with van der Waals surface area (Å²) in [7, 11) is 0. The van der Waals surface area contributed by atoms with Gasteiger partial charge in [-0.2, -0.15) is 0 Å². The minimum atomic E-state index is -1.05. The van der Waals surface area contributed by atoms with Crippen LogP contribution in [0.1, 0.15) is 21.7 Å². The lowest BCUT2D eigenvalue weighted by Crippen LogP contribution is -2.19. The summed E-state index contributed by atoms with van der Waals surface area (Å²) in [6.45, 7) is 1.95. The number of carboxylic acids is 1. The maximum absolute atomic E-state index is 12.3. The van der Waals surface area contributed by atoms with E-state index in [0.29, 0.717) is 32.2 Å². The highest BCUT2D eigenvalue weighted by Gasteiger charge is 2.24. The molecule has 3 aromatic rings. The summed E-state index contributed by atoms with van der Waals surface area (Å²) in [6.07, 6.45) is 1.61. The zero-order valence-electron chi connectivity index (χ0n) is 15.7. The molecule has 1 fully saturated rings. The van der Waals surface area contributed by atoms with Crippen molar-refractivity contribution in [1.82, 2.24) is 5.32 Å². The Morgan fingerprint density at radius 3 is 2.77 bits per heavy atom. The molecule has 1 saturated heterocycles. The number of carbonyl (C=O) groups is 2. The third-order valence-corrected chi connectivity index (χ3v) is 5.61. The van der Waals surface area contributed by atoms with Crippen LogP contribution in [-0.2, 0) is 4.79 Å². The molecule has 1 aliphatic rings. The summed E-state index contributed by atoms with van der Waals surface area (Å²) in [5.74, 6) is -0.471. The maximum atomic E-state index is 12.3. The van der Waals surface area contributed by atoms with Gasteiger partial charge in [0.1, 0.15) is 11.5 Å². The van der Waals surface area contributed by atoms with Gasteiger partial charge in [-0.1, -0.05) is 29.8 Å². The number of carbonyl (C=O) groups excluding carboxylic acids is 1. The van der Waals surface area contributed by atoms with Gasteiger partial charge in [0.2, 0.25) is 0 Å². The monoisotopic (exact) mass is 438 g/mol. The second kappa shape index (κ2) is 8.22. The van der Waals surface area contributed by atoms with Crippen molar-refractivity contribution in [3.8, 4) is 11.3 Å². The predicted octanol–water partition coefficient (Wildman–Crippen LogP) is 5.50. The molecule has 0 unspecified atom stereocenters. The molecular weight excluding hydrogens is 424 g/mol. The van der Waals surface area contributed by atoms with Gasteiger partial charge in [0.15, 0.2) is 5.17 Å². The first-order valence-corrected chi connectivity index (χ1v) is 10.1. The number of nitrogens with one attached hydrogen (secondary N) is 1. The third kappa shape index (κ3) is 4.17. The summed E-state index contributed by atoms with van der Waals surface area (Å²) in [5.41, 5.74) is 2.36. The first-order valence-electron chi connectivity index (χ1n) is 8.89. The van der Waals surface area contributed by atoms with Crippen molar-refractivity contribution in [3.05, 3.63) is 81.4 Å². The van der Waals surface area contributed by atoms with Crippen LogP contribution in [0.25, 0.3) is 17.4 Å². The molecule has 6 nitrogen and oxygen atoms in total. The first-order chi connectivity index (χ1) is 14.4. The van der Waals surface area contributed by atoms with Crippen molar-refractivity contribution >= 4 is 52.2 Å². The lowest BCUT2D eigenvalue weighted by Gasteiger charge is -2.02. The third-order valence-electron chi connectivity index (χ3n) is 4.37. The van der Waals surface area contributed by atoms with Gasteiger partial charge in [0, 0.05) is 11.6 Å². The van der Waals surface area contributed by atoms with E-state index in [1.54, 1.807) is 18.2 Å². The number of para-hydroxylation sites is 1. The van der Waals surface area contributed by atoms with E-state index in [-0.39, 0.29) is 11.5 Å². The number of furan rings is 1. The molecule has 0 saturated carbocycles. The molecule has 2 N–H and O–H groups in total. The Labute approximate surface area is 181 Å². The fraction of sp³-hybridized carbons (Fsp3) is 0.0455. The van der Waals surface area contributed by atoms with Gasteiger partial charge < -0.3 is 14.8 Å². The average Bonchev–Trinajstić information content (AvgIpc) is 3.31. The van der Waals surface area contributed by atoms with Gasteiger partial charge in [-0.3, -0.25) is 4.79 Å². The Morgan fingerprint density at radius 1 is 1.20 bits per heavy atom. The summed E-state index contributed by atoms with van der Waals surface area (Å²) in [6, 6.07) is 15.4. The van der Waals surface area contributed by atoms with Crippen LogP contribution in [-0.4, -0.2) is 22.2 Å². The van der Waals surface area contributed by atoms with Crippen LogP contribution in [0.5, 0.6) is 0 Å². The minimum absolute atomic E-state index is 0.105. The molecule has 30 heavy (non-hydrogen) atoms. The second-order valence-electron chi connectivity index (χ2n) is 6.47. The van der Waals surface area contributed by atoms with Crippen molar-refractivity contribution < 1.29 is 19.1 Å². The average molecular weight is 439 g/mol. The molecule has 1 aliphatic heterocycles. The van der Waals surface area contributed by atoms with Crippen LogP contribution >= 0.6 is 23.4 Å². The molecule has 8 heteroatoms. The molecule has 150 valence electrons. The maximum Gasteiger partial charge on any atom is 0.335 e. The lowest BCUT2D eigenvalue weighted by molar-refractivity contribution is -0.115. The van der Waals surface area contributed by atoms with Gasteiger partial charge in [-0.15, -0.1) is 0 Å². The van der Waals surface area contributed by atoms with Crippen LogP contribution in [0.3, 0.4) is 0 Å². The van der Waals surface area contributed by atoms with Crippen molar-refractivity contribution in [2.45, 2.75) is 6.92 Å². The van der Waals surface area contributed by atoms with E-state index in [2.05, 4.69) is 10.3 Å². The number of rotatable bonds is 4. The number of hydrogen-bond donors (Lipinski definition) is 2. The van der Waals surface area contributed by atoms with Crippen LogP contribution in [0.2, 0.25) is 5.02 Å². The highest BCUT2D eigenvalue weighted by atomic mass is 35.5. The van der Waals surface area contributed by atoms with E-state index in [0.717, 1.165) is 11.3 Å². The predicted molar refractivity (Wildman–Crippen MR) is 118 cm³/mol. The van der Waals surface area contributed by atoms with Crippen molar-refractivity contribution in [1.29, 1.82) is 0 Å². The molecule has 0 aliphatic carbocycles. The van der Waals surface area contributed by atoms with Crippen molar-refractivity contribution in [3.63, 3.8) is 0 Å². The van der Waals surface area contributed by atoms with Gasteiger partial charge in [0.25, 0.3) is 5.91 Å². The molecule has 4 rings (SSSR count). The van der Waals surface area contributed by atoms with E-state index in [4.69, 9.17) is 16.0 Å². The quantitative estimate of drug-likeness (QED) is 0.525. The minimum Gasteiger partial charge on any atom is -0.478 e. The Bertz CT molecular complexity index is 1230. The molecular formula is C22H15ClN2O4S. The summed E-state index contributed by atoms with van der Waals surface area (Å²) in [5, 5.41) is 12.8. The number of thioether (sulfide) groups is 1. The van der Waals surface area contributed by atoms with Gasteiger partial charge in [-0.05, 0) is 60.6 Å². The largest absolute Gasteiger partial charge is 0.478 e. The number of amides is 1. The highest BCUT2D eigenvalue weighted by Crippen LogP contribution is 2.33. The van der Waals surface area contributed by atoms with Gasteiger partial charge in [-0.25, -0.2) is 9.79 Å². The zero-order chi connectivity index (χ0) is 21.3. The van der Waals surface area contributed by atoms with Gasteiger partial charge >= 0.3 is 5.97 Å². The smallest absolute Gasteiger partial charge is 0.335 e. The fourth-order valence-corrected chi connectivity index (χ4v) is 3.86. The molecule has 2 aromatic carbocycles. The first kappa shape index (κ1) is 20.0. The number of benzene rings is 2. The van der Waals surface area contributed by atoms with E-state index in [1.165, 1.54) is 30.0 Å². The Morgan fingerprint density at radius 2 is 2.00 bits per heavy atom. The highest BCUT2D eigenvalue weighted by molar-refractivity contribution is 8.18. The number of hydrogen-bond acceptors (Lipinski definition) is 5. The standard InChI is InChI=1S/C22H15ClN2O4S/c1-12-4-2-3-5-17(12)24-22-25-20(26)19(30-22)11-14-7-9-18(29-14)15-10-13(21(27)28)6-8-16(15)23/h2-11H,1H3,(H,27,28)(H,24,25,26)/b19-11-. The van der Waals surface area contributed by atoms with Crippen LogP contribution in [0, 0.1) is 6.92 Å². The van der Waals surface area contributed by atoms with E-state index in [1.807, 2.05) is 31.2 Å². The number of aromatic carboxylic acids is 1. The SMILES string of the molecule is Cc1ccccc1N=C1NC(=O)/C(=C/c2ccc(-c3cc(C(=O)O)ccc3Cl)o2)S1. The normalized spacial score (nSPS) is 16.3. The Hall–Kier alpha value is -3.29. The Kier molecular flexibility index (Phi) is 5.48. The molecule has 0 bridgehead atoms. The van der Waals surface area contributed by atoms with E-state index >= 15 is 0 Å². The van der Waals surface area contributed by atoms with Crippen LogP contribution < -0.4 is 5.32 Å². The van der Waals surface area contributed by atoms with Crippen molar-refractivity contribution in [2.75, 3.05) is 0 Å². The summed E-state index contributed by atoms with van der Waals surface area (Å²) in [4.78, 5) is 28.4. The number of carboxylic acid groups (broad SMARTS) is 1. The van der Waals surface area contributed by atoms with Crippen LogP contribution in [0.4, 0.5) is 5.69 Å². The number of aliphatic imine (C=N–C) groups is 1. The van der Waals surface area contributed by atoms with Crippen molar-refractivity contribution in [2.24, 2.45) is 4.99 Å². The zero-order valence-corrected chi connectivity index (χ0v) is 17.3. The Balaban J connectivity index is 1.59. The summed E-state index contributed by atoms with van der Waals surface area (Å²) >= 11 is 7.41. The molecule has 1 amide bonds.